The summed E-state index contributed by atoms with van der Waals surface area (Å²) >= 11 is 1.80. The quantitative estimate of drug-likeness (QED) is 0.765. The summed E-state index contributed by atoms with van der Waals surface area (Å²) in [7, 11) is 0. The van der Waals surface area contributed by atoms with Gasteiger partial charge in [0.2, 0.25) is 0 Å². The van der Waals surface area contributed by atoms with Gasteiger partial charge in [-0.25, -0.2) is 0 Å². The second-order valence-electron chi connectivity index (χ2n) is 3.50. The van der Waals surface area contributed by atoms with Crippen molar-refractivity contribution in [1.82, 2.24) is 9.88 Å². The standard InChI is InChI=1S/C11H14N2OS/c1-2-10-4-3-9(7-12-10)11(14)13-5-6-15-8-13/h3-4,7H,2,5-6,8H2,1H3. The molecule has 1 fully saturated rings. The van der Waals surface area contributed by atoms with Crippen molar-refractivity contribution < 1.29 is 4.79 Å². The first kappa shape index (κ1) is 10.5. The van der Waals surface area contributed by atoms with Gasteiger partial charge in [0.15, 0.2) is 0 Å². The molecule has 0 aliphatic carbocycles. The maximum absolute atomic E-state index is 11.9. The summed E-state index contributed by atoms with van der Waals surface area (Å²) in [5.41, 5.74) is 1.73. The van der Waals surface area contributed by atoms with E-state index in [4.69, 9.17) is 0 Å². The molecule has 1 aliphatic rings. The third-order valence-corrected chi connectivity index (χ3v) is 3.44. The lowest BCUT2D eigenvalue weighted by atomic mass is 10.2. The molecule has 2 rings (SSSR count). The molecule has 0 unspecified atom stereocenters. The van der Waals surface area contributed by atoms with Gasteiger partial charge in [0, 0.05) is 24.2 Å². The zero-order valence-corrected chi connectivity index (χ0v) is 9.59. The first-order valence-corrected chi connectivity index (χ1v) is 6.28. The van der Waals surface area contributed by atoms with Gasteiger partial charge in [-0.15, -0.1) is 11.8 Å². The molecule has 0 radical (unpaired) electrons. The van der Waals surface area contributed by atoms with Crippen molar-refractivity contribution in [2.45, 2.75) is 13.3 Å². The van der Waals surface area contributed by atoms with Crippen LogP contribution in [-0.4, -0.2) is 34.0 Å². The number of aryl methyl sites for hydroxylation is 1. The van der Waals surface area contributed by atoms with Gasteiger partial charge in [0.25, 0.3) is 5.91 Å². The molecule has 3 nitrogen and oxygen atoms in total. The summed E-state index contributed by atoms with van der Waals surface area (Å²) in [6.07, 6.45) is 2.60. The highest BCUT2D eigenvalue weighted by Crippen LogP contribution is 2.16. The fourth-order valence-electron chi connectivity index (χ4n) is 1.52. The maximum Gasteiger partial charge on any atom is 0.256 e. The molecule has 0 spiro atoms. The molecule has 2 heterocycles. The van der Waals surface area contributed by atoms with Crippen molar-refractivity contribution in [3.05, 3.63) is 29.6 Å². The summed E-state index contributed by atoms with van der Waals surface area (Å²) < 4.78 is 0. The number of carbonyl (C=O) groups excluding carboxylic acids is 1. The number of thioether (sulfide) groups is 1. The molecule has 1 saturated heterocycles. The van der Waals surface area contributed by atoms with Crippen LogP contribution >= 0.6 is 11.8 Å². The second kappa shape index (κ2) is 4.66. The van der Waals surface area contributed by atoms with Gasteiger partial charge in [0.05, 0.1) is 11.4 Å². The average molecular weight is 222 g/mol. The molecule has 0 aromatic carbocycles. The minimum atomic E-state index is 0.107. The third kappa shape index (κ3) is 2.31. The van der Waals surface area contributed by atoms with Crippen LogP contribution in [0.4, 0.5) is 0 Å². The molecule has 1 aromatic rings. The predicted molar refractivity (Wildman–Crippen MR) is 62.0 cm³/mol. The molecule has 4 heteroatoms. The Labute approximate surface area is 93.9 Å². The zero-order valence-electron chi connectivity index (χ0n) is 8.77. The summed E-state index contributed by atoms with van der Waals surface area (Å²) in [6, 6.07) is 3.80. The maximum atomic E-state index is 11.9. The van der Waals surface area contributed by atoms with Gasteiger partial charge in [0.1, 0.15) is 0 Å². The monoisotopic (exact) mass is 222 g/mol. The van der Waals surface area contributed by atoms with Crippen LogP contribution in [0.25, 0.3) is 0 Å². The van der Waals surface area contributed by atoms with Crippen molar-refractivity contribution in [3.8, 4) is 0 Å². The molecular weight excluding hydrogens is 208 g/mol. The van der Waals surface area contributed by atoms with Crippen LogP contribution in [-0.2, 0) is 6.42 Å². The van der Waals surface area contributed by atoms with Crippen molar-refractivity contribution in [2.24, 2.45) is 0 Å². The Bertz CT molecular complexity index is 344. The van der Waals surface area contributed by atoms with Crippen LogP contribution in [0, 0.1) is 0 Å². The Balaban J connectivity index is 2.11. The molecule has 1 amide bonds. The van der Waals surface area contributed by atoms with E-state index >= 15 is 0 Å². The molecule has 1 aromatic heterocycles. The number of aromatic nitrogens is 1. The van der Waals surface area contributed by atoms with Crippen LogP contribution in [0.3, 0.4) is 0 Å². The normalized spacial score (nSPS) is 15.7. The summed E-state index contributed by atoms with van der Waals surface area (Å²) in [6.45, 7) is 2.92. The minimum absolute atomic E-state index is 0.107. The smallest absolute Gasteiger partial charge is 0.256 e. The summed E-state index contributed by atoms with van der Waals surface area (Å²) in [5, 5.41) is 0. The van der Waals surface area contributed by atoms with Gasteiger partial charge in [-0.1, -0.05) is 6.92 Å². The first-order chi connectivity index (χ1) is 7.31. The van der Waals surface area contributed by atoms with Crippen LogP contribution in [0.5, 0.6) is 0 Å². The largest absolute Gasteiger partial charge is 0.329 e. The van der Waals surface area contributed by atoms with Crippen molar-refractivity contribution >= 4 is 17.7 Å². The fraction of sp³-hybridized carbons (Fsp3) is 0.455. The van der Waals surface area contributed by atoms with Crippen LogP contribution < -0.4 is 0 Å². The van der Waals surface area contributed by atoms with E-state index in [0.717, 1.165) is 30.3 Å². The van der Waals surface area contributed by atoms with E-state index in [-0.39, 0.29) is 5.91 Å². The highest BCUT2D eigenvalue weighted by atomic mass is 32.2. The molecule has 0 N–H and O–H groups in total. The van der Waals surface area contributed by atoms with Crippen LogP contribution in [0.1, 0.15) is 23.0 Å². The van der Waals surface area contributed by atoms with E-state index in [1.165, 1.54) is 0 Å². The number of carbonyl (C=O) groups is 1. The van der Waals surface area contributed by atoms with E-state index in [9.17, 15) is 4.79 Å². The predicted octanol–water partition coefficient (Wildman–Crippen LogP) is 1.79. The molecule has 0 bridgehead atoms. The summed E-state index contributed by atoms with van der Waals surface area (Å²) in [4.78, 5) is 18.0. The highest BCUT2D eigenvalue weighted by molar-refractivity contribution is 7.99. The number of hydrogen-bond donors (Lipinski definition) is 0. The topological polar surface area (TPSA) is 33.2 Å². The van der Waals surface area contributed by atoms with E-state index in [0.29, 0.717) is 5.56 Å². The summed E-state index contributed by atoms with van der Waals surface area (Å²) in [5.74, 6) is 1.97. The SMILES string of the molecule is CCc1ccc(C(=O)N2CCSC2)cn1. The number of pyridine rings is 1. The fourth-order valence-corrected chi connectivity index (χ4v) is 2.46. The van der Waals surface area contributed by atoms with E-state index in [1.807, 2.05) is 17.0 Å². The zero-order chi connectivity index (χ0) is 10.7. The Morgan fingerprint density at radius 2 is 2.47 bits per heavy atom. The number of amides is 1. The highest BCUT2D eigenvalue weighted by Gasteiger charge is 2.19. The lowest BCUT2D eigenvalue weighted by molar-refractivity contribution is 0.0802. The van der Waals surface area contributed by atoms with Gasteiger partial charge < -0.3 is 4.90 Å². The van der Waals surface area contributed by atoms with Crippen molar-refractivity contribution in [3.63, 3.8) is 0 Å². The number of rotatable bonds is 2. The van der Waals surface area contributed by atoms with E-state index in [2.05, 4.69) is 11.9 Å². The van der Waals surface area contributed by atoms with E-state index in [1.54, 1.807) is 18.0 Å². The Morgan fingerprint density at radius 3 is 3.00 bits per heavy atom. The van der Waals surface area contributed by atoms with Gasteiger partial charge in [-0.3, -0.25) is 9.78 Å². The minimum Gasteiger partial charge on any atom is -0.329 e. The number of hydrogen-bond acceptors (Lipinski definition) is 3. The Hall–Kier alpha value is -1.03. The Kier molecular flexibility index (Phi) is 3.26. The average Bonchev–Trinajstić information content (AvgIpc) is 2.82. The molecule has 15 heavy (non-hydrogen) atoms. The number of nitrogens with zero attached hydrogens (tertiary/aromatic N) is 2. The van der Waals surface area contributed by atoms with Crippen molar-refractivity contribution in [1.29, 1.82) is 0 Å². The van der Waals surface area contributed by atoms with Crippen molar-refractivity contribution in [2.75, 3.05) is 18.2 Å². The molecule has 0 saturated carbocycles. The van der Waals surface area contributed by atoms with Crippen LogP contribution in [0.2, 0.25) is 0 Å². The van der Waals surface area contributed by atoms with Crippen LogP contribution in [0.15, 0.2) is 18.3 Å². The third-order valence-electron chi connectivity index (χ3n) is 2.47. The molecule has 0 atom stereocenters. The second-order valence-corrected chi connectivity index (χ2v) is 4.57. The van der Waals surface area contributed by atoms with Gasteiger partial charge >= 0.3 is 0 Å². The Morgan fingerprint density at radius 1 is 1.60 bits per heavy atom. The lowest BCUT2D eigenvalue weighted by Crippen LogP contribution is -2.27. The van der Waals surface area contributed by atoms with Gasteiger partial charge in [-0.2, -0.15) is 0 Å². The molecular formula is C11H14N2OS. The van der Waals surface area contributed by atoms with Gasteiger partial charge in [-0.05, 0) is 18.6 Å². The molecule has 80 valence electrons. The first-order valence-electron chi connectivity index (χ1n) is 5.13. The molecule has 1 aliphatic heterocycles. The van der Waals surface area contributed by atoms with E-state index < -0.39 is 0 Å². The lowest BCUT2D eigenvalue weighted by Gasteiger charge is -2.13.